The molecule has 1 heterocycles. The molecule has 4 aliphatic carbocycles. The maximum atomic E-state index is 13.7. The molecule has 1 aliphatic heterocycles. The molecule has 9 atom stereocenters. The van der Waals surface area contributed by atoms with E-state index in [9.17, 15) is 19.8 Å². The third-order valence-corrected chi connectivity index (χ3v) is 8.54. The lowest BCUT2D eigenvalue weighted by atomic mass is 9.46. The van der Waals surface area contributed by atoms with Crippen LogP contribution in [0.4, 0.5) is 0 Å². The van der Waals surface area contributed by atoms with Crippen LogP contribution >= 0.6 is 0 Å². The number of Topliss-reactive ketones (excluding diaryl/α,β-unsaturated/α-hetero) is 1. The number of ketones is 2. The molecule has 5 rings (SSSR count). The Morgan fingerprint density at radius 3 is 2.97 bits per heavy atom. The van der Waals surface area contributed by atoms with Crippen molar-refractivity contribution in [2.75, 3.05) is 6.56 Å². The lowest BCUT2D eigenvalue weighted by Gasteiger charge is -2.59. The minimum Gasteiger partial charge on any atom is -0.393 e. The van der Waals surface area contributed by atoms with Crippen molar-refractivity contribution < 1.29 is 38.9 Å². The molecule has 0 bridgehead atoms. The van der Waals surface area contributed by atoms with E-state index in [4.69, 9.17) is 19.1 Å². The van der Waals surface area contributed by atoms with Crippen LogP contribution in [0, 0.1) is 28.6 Å². The first-order valence-corrected chi connectivity index (χ1v) is 11.1. The van der Waals surface area contributed by atoms with Crippen LogP contribution in [0.1, 0.15) is 68.8 Å². The first kappa shape index (κ1) is 14.7. The van der Waals surface area contributed by atoms with Gasteiger partial charge in [0.2, 0.25) is 0 Å². The zero-order chi connectivity index (χ0) is 28.4. The van der Waals surface area contributed by atoms with Gasteiger partial charge in [-0.05, 0) is 56.0 Å². The number of allylic oxidation sites excluding steroid dienone is 4. The molecule has 4 fully saturated rings. The summed E-state index contributed by atoms with van der Waals surface area (Å²) in [5.41, 5.74) is -4.82. The standard InChI is InChI=1S/C25H34O6/c1-4-5-21-30-20-11-17-16-7-6-14-10-15(27)8-9-23(14,2)22(16)18(28)12-24(17,3)25(20,31-21)19(29)13-26/h8-10,16-18,20-22,26,28H,4-7,11-13H2,1-3H3/t16-,17-,18-,20+,21?,22+,23-,24-,25+/m0/s1/i6D2,8D,10D,13D2,21D. The molecule has 0 aromatic rings. The van der Waals surface area contributed by atoms with Crippen LogP contribution in [0.2, 0.25) is 0 Å². The van der Waals surface area contributed by atoms with Crippen LogP contribution in [0.5, 0.6) is 0 Å². The molecule has 31 heavy (non-hydrogen) atoms. The van der Waals surface area contributed by atoms with Gasteiger partial charge in [0.1, 0.15) is 6.56 Å². The van der Waals surface area contributed by atoms with E-state index in [1.54, 1.807) is 20.8 Å². The zero-order valence-electron chi connectivity index (χ0n) is 25.0. The van der Waals surface area contributed by atoms with E-state index in [1.807, 2.05) is 0 Å². The van der Waals surface area contributed by atoms with Crippen molar-refractivity contribution in [3.8, 4) is 0 Å². The van der Waals surface area contributed by atoms with E-state index in [2.05, 4.69) is 0 Å². The van der Waals surface area contributed by atoms with Gasteiger partial charge in [0.15, 0.2) is 23.4 Å². The number of ether oxygens (including phenoxy) is 2. The van der Waals surface area contributed by atoms with Crippen molar-refractivity contribution in [2.45, 2.75) is 83.3 Å². The molecule has 5 aliphatic rings. The van der Waals surface area contributed by atoms with E-state index in [1.165, 1.54) is 6.08 Å². The topological polar surface area (TPSA) is 93.1 Å². The van der Waals surface area contributed by atoms with Gasteiger partial charge in [-0.1, -0.05) is 38.8 Å². The Labute approximate surface area is 193 Å². The molecular weight excluding hydrogens is 396 g/mol. The maximum Gasteiger partial charge on any atom is 0.193 e. The number of carbonyl (C=O) groups excluding carboxylic acids is 2. The normalized spacial score (nSPS) is 58.7. The van der Waals surface area contributed by atoms with Crippen LogP contribution in [0.25, 0.3) is 0 Å². The van der Waals surface area contributed by atoms with Gasteiger partial charge < -0.3 is 19.7 Å². The Morgan fingerprint density at radius 2 is 2.26 bits per heavy atom. The molecule has 6 heteroatoms. The van der Waals surface area contributed by atoms with Gasteiger partial charge in [0.25, 0.3) is 0 Å². The van der Waals surface area contributed by atoms with E-state index >= 15 is 0 Å². The summed E-state index contributed by atoms with van der Waals surface area (Å²) in [6.45, 7) is 1.77. The van der Waals surface area contributed by atoms with E-state index in [-0.39, 0.29) is 31.3 Å². The predicted molar refractivity (Wildman–Crippen MR) is 113 cm³/mol. The van der Waals surface area contributed by atoms with Gasteiger partial charge in [0.05, 0.1) is 19.1 Å². The fraction of sp³-hybridized carbons (Fsp3) is 0.760. The second-order valence-electron chi connectivity index (χ2n) is 10.0. The summed E-state index contributed by atoms with van der Waals surface area (Å²) in [7, 11) is 0. The Kier molecular flexibility index (Phi) is 3.36. The first-order chi connectivity index (χ1) is 17.3. The first-order valence-electron chi connectivity index (χ1n) is 14.6. The van der Waals surface area contributed by atoms with Crippen LogP contribution < -0.4 is 0 Å². The van der Waals surface area contributed by atoms with Crippen molar-refractivity contribution in [1.82, 2.24) is 0 Å². The highest BCUT2D eigenvalue weighted by Crippen LogP contribution is 2.69. The molecule has 0 spiro atoms. The molecule has 0 aromatic heterocycles. The van der Waals surface area contributed by atoms with Crippen LogP contribution in [-0.4, -0.2) is 52.4 Å². The molecule has 2 N–H and O–H groups in total. The minimum absolute atomic E-state index is 0.0637. The molecule has 6 nitrogen and oxygen atoms in total. The van der Waals surface area contributed by atoms with Crippen molar-refractivity contribution in [1.29, 1.82) is 0 Å². The summed E-state index contributed by atoms with van der Waals surface area (Å²) in [5.74, 6) is -4.05. The lowest BCUT2D eigenvalue weighted by molar-refractivity contribution is -0.200. The molecule has 0 aromatic carbocycles. The maximum absolute atomic E-state index is 13.7. The van der Waals surface area contributed by atoms with Crippen LogP contribution in [-0.2, 0) is 19.1 Å². The second-order valence-corrected chi connectivity index (χ2v) is 10.0. The van der Waals surface area contributed by atoms with Gasteiger partial charge in [0, 0.05) is 19.5 Å². The highest BCUT2D eigenvalue weighted by atomic mass is 16.7. The van der Waals surface area contributed by atoms with Gasteiger partial charge in [-0.15, -0.1) is 0 Å². The van der Waals surface area contributed by atoms with E-state index < -0.39 is 89.3 Å². The summed E-state index contributed by atoms with van der Waals surface area (Å²) in [5, 5.41) is 21.9. The van der Waals surface area contributed by atoms with E-state index in [0.717, 1.165) is 0 Å². The van der Waals surface area contributed by atoms with E-state index in [0.29, 0.717) is 6.42 Å². The van der Waals surface area contributed by atoms with Crippen molar-refractivity contribution in [2.24, 2.45) is 28.6 Å². The Morgan fingerprint density at radius 1 is 1.48 bits per heavy atom. The summed E-state index contributed by atoms with van der Waals surface area (Å²) >= 11 is 0. The van der Waals surface area contributed by atoms with Gasteiger partial charge in [-0.2, -0.15) is 0 Å². The predicted octanol–water partition coefficient (Wildman–Crippen LogP) is 2.72. The van der Waals surface area contributed by atoms with Gasteiger partial charge in [-0.25, -0.2) is 0 Å². The number of rotatable bonds is 4. The van der Waals surface area contributed by atoms with Crippen LogP contribution in [0.15, 0.2) is 23.8 Å². The quantitative estimate of drug-likeness (QED) is 0.703. The fourth-order valence-electron chi connectivity index (χ4n) is 7.27. The van der Waals surface area contributed by atoms with Crippen LogP contribution in [0.3, 0.4) is 0 Å². The monoisotopic (exact) mass is 437 g/mol. The van der Waals surface area contributed by atoms with Crippen molar-refractivity contribution in [3.05, 3.63) is 23.8 Å². The Hall–Kier alpha value is -1.34. The molecular formula is C25H34O6. The SMILES string of the molecule is [2H]C1=C[C@@]2(C)C(=C([2H])C1=O)C([2H])([2H])C[C@@H]1[C@@H]2[C@@H](O)C[C@@]2(C)[C@H]1C[C@H]1OC([2H])(CCC)O[C@]12C(=O)C([2H])([2H])O. The largest absolute Gasteiger partial charge is 0.393 e. The number of aliphatic hydroxyl groups excluding tert-OH is 1. The molecule has 0 amide bonds. The van der Waals surface area contributed by atoms with Gasteiger partial charge in [-0.3, -0.25) is 9.59 Å². The number of hydrogen-bond acceptors (Lipinski definition) is 6. The summed E-state index contributed by atoms with van der Waals surface area (Å²) < 4.78 is 70.8. The average Bonchev–Trinajstić information content (AvgIpc) is 3.17. The highest BCUT2D eigenvalue weighted by Gasteiger charge is 2.75. The second kappa shape index (κ2) is 7.08. The van der Waals surface area contributed by atoms with Crippen molar-refractivity contribution in [3.63, 3.8) is 0 Å². The Bertz CT molecular complexity index is 1170. The smallest absolute Gasteiger partial charge is 0.193 e. The summed E-state index contributed by atoms with van der Waals surface area (Å²) in [4.78, 5) is 26.1. The third-order valence-electron chi connectivity index (χ3n) is 8.54. The number of hydrogen-bond donors (Lipinski definition) is 2. The van der Waals surface area contributed by atoms with Gasteiger partial charge >= 0.3 is 0 Å². The lowest BCUT2D eigenvalue weighted by Crippen LogP contribution is -2.63. The molecule has 0 radical (unpaired) electrons. The third kappa shape index (κ3) is 2.65. The molecule has 170 valence electrons. The summed E-state index contributed by atoms with van der Waals surface area (Å²) in [6.07, 6.45) is -4.71. The minimum atomic E-state index is -3.31. The number of aliphatic hydroxyl groups is 2. The highest BCUT2D eigenvalue weighted by molar-refractivity contribution is 6.01. The summed E-state index contributed by atoms with van der Waals surface area (Å²) in [6, 6.07) is -1.01. The molecule has 3 saturated carbocycles. The zero-order valence-corrected chi connectivity index (χ0v) is 18.0. The fourth-order valence-corrected chi connectivity index (χ4v) is 7.27. The Balaban J connectivity index is 1.67. The molecule has 1 saturated heterocycles. The number of carbonyl (C=O) groups is 2. The average molecular weight is 438 g/mol. The van der Waals surface area contributed by atoms with Crippen molar-refractivity contribution >= 4 is 11.6 Å². The molecule has 1 unspecified atom stereocenters. The number of fused-ring (bicyclic) bond motifs is 7.